The minimum atomic E-state index is -0.695. The van der Waals surface area contributed by atoms with Gasteiger partial charge in [0.25, 0.3) is 0 Å². The van der Waals surface area contributed by atoms with Crippen LogP contribution in [0.3, 0.4) is 0 Å². The summed E-state index contributed by atoms with van der Waals surface area (Å²) in [4.78, 5) is 12.3. The molecule has 24 heavy (non-hydrogen) atoms. The van der Waals surface area contributed by atoms with Gasteiger partial charge in [0.15, 0.2) is 0 Å². The van der Waals surface area contributed by atoms with Gasteiger partial charge in [0.05, 0.1) is 0 Å². The van der Waals surface area contributed by atoms with Crippen molar-refractivity contribution in [2.45, 2.75) is 32.2 Å². The van der Waals surface area contributed by atoms with Gasteiger partial charge in [-0.05, 0) is 30.2 Å². The molecule has 0 aliphatic heterocycles. The molecule has 0 aliphatic carbocycles. The lowest BCUT2D eigenvalue weighted by molar-refractivity contribution is -0.122. The summed E-state index contributed by atoms with van der Waals surface area (Å²) < 4.78 is 13.0. The molecule has 0 saturated heterocycles. The Kier molecular flexibility index (Phi) is 6.93. The second-order valence-electron chi connectivity index (χ2n) is 6.50. The zero-order valence-electron chi connectivity index (χ0n) is 14.2. The van der Waals surface area contributed by atoms with E-state index < -0.39 is 6.04 Å². The molecule has 0 aliphatic rings. The van der Waals surface area contributed by atoms with Gasteiger partial charge in [0.1, 0.15) is 11.9 Å². The van der Waals surface area contributed by atoms with Gasteiger partial charge in [0, 0.05) is 12.0 Å². The lowest BCUT2D eigenvalue weighted by Crippen LogP contribution is -2.41. The molecule has 3 N–H and O–H groups in total. The highest BCUT2D eigenvalue weighted by atomic mass is 35.5. The summed E-state index contributed by atoms with van der Waals surface area (Å²) in [5.74, 6) is -0.487. The third-order valence-electron chi connectivity index (χ3n) is 4.05. The van der Waals surface area contributed by atoms with Crippen LogP contribution >= 0.6 is 12.4 Å². The quantitative estimate of drug-likeness (QED) is 0.864. The van der Waals surface area contributed by atoms with Crippen molar-refractivity contribution >= 4 is 18.3 Å². The van der Waals surface area contributed by atoms with E-state index in [-0.39, 0.29) is 29.5 Å². The summed E-state index contributed by atoms with van der Waals surface area (Å²) in [5, 5.41) is 2.89. The molecular formula is C19H24ClFN2O. The number of carbonyl (C=O) groups excluding carboxylic acids is 1. The first kappa shape index (κ1) is 20.1. The van der Waals surface area contributed by atoms with Gasteiger partial charge < -0.3 is 11.1 Å². The summed E-state index contributed by atoms with van der Waals surface area (Å²) in [5.41, 5.74) is 8.58. The van der Waals surface area contributed by atoms with Crippen LogP contribution in [-0.4, -0.2) is 12.5 Å². The van der Waals surface area contributed by atoms with Crippen molar-refractivity contribution in [3.8, 4) is 0 Å². The van der Waals surface area contributed by atoms with Gasteiger partial charge in [-0.3, -0.25) is 4.79 Å². The first-order chi connectivity index (χ1) is 10.8. The maximum atomic E-state index is 13.0. The fraction of sp³-hybridized carbons (Fsp3) is 0.316. The fourth-order valence-corrected chi connectivity index (χ4v) is 2.35. The van der Waals surface area contributed by atoms with Crippen molar-refractivity contribution in [1.29, 1.82) is 0 Å². The number of hydrogen-bond acceptors (Lipinski definition) is 2. The lowest BCUT2D eigenvalue weighted by atomic mass is 9.84. The Hall–Kier alpha value is -1.91. The first-order valence-electron chi connectivity index (χ1n) is 7.65. The monoisotopic (exact) mass is 350 g/mol. The number of halogens is 2. The highest BCUT2D eigenvalue weighted by molar-refractivity contribution is 5.85. The molecule has 1 amide bonds. The predicted octanol–water partition coefficient (Wildman–Crippen LogP) is 3.65. The number of rotatable bonds is 5. The van der Waals surface area contributed by atoms with Gasteiger partial charge >= 0.3 is 0 Å². The largest absolute Gasteiger partial charge is 0.354 e. The van der Waals surface area contributed by atoms with Crippen molar-refractivity contribution in [2.75, 3.05) is 6.54 Å². The number of amides is 1. The van der Waals surface area contributed by atoms with Gasteiger partial charge in [-0.2, -0.15) is 0 Å². The van der Waals surface area contributed by atoms with Crippen molar-refractivity contribution in [1.82, 2.24) is 5.32 Å². The highest BCUT2D eigenvalue weighted by Gasteiger charge is 2.23. The van der Waals surface area contributed by atoms with Crippen LogP contribution in [0.4, 0.5) is 4.39 Å². The van der Waals surface area contributed by atoms with E-state index >= 15 is 0 Å². The smallest absolute Gasteiger partial charge is 0.241 e. The molecule has 5 heteroatoms. The molecule has 0 bridgehead atoms. The summed E-state index contributed by atoms with van der Waals surface area (Å²) in [6.45, 7) is 6.41. The maximum Gasteiger partial charge on any atom is 0.241 e. The molecule has 2 aromatic rings. The topological polar surface area (TPSA) is 55.1 Å². The predicted molar refractivity (Wildman–Crippen MR) is 97.8 cm³/mol. The van der Waals surface area contributed by atoms with E-state index in [1.807, 2.05) is 45.0 Å². The first-order valence-corrected chi connectivity index (χ1v) is 7.65. The van der Waals surface area contributed by atoms with Crippen LogP contribution in [-0.2, 0) is 10.2 Å². The Morgan fingerprint density at radius 1 is 1.12 bits per heavy atom. The van der Waals surface area contributed by atoms with Crippen LogP contribution < -0.4 is 11.1 Å². The van der Waals surface area contributed by atoms with Gasteiger partial charge in [0.2, 0.25) is 5.91 Å². The van der Waals surface area contributed by atoms with Gasteiger partial charge in [-0.15, -0.1) is 12.4 Å². The molecule has 0 heterocycles. The Balaban J connectivity index is 0.00000288. The average Bonchev–Trinajstić information content (AvgIpc) is 2.53. The number of nitrogens with one attached hydrogen (secondary N) is 1. The Labute approximate surface area is 148 Å². The van der Waals surface area contributed by atoms with E-state index in [1.165, 1.54) is 12.1 Å². The number of benzene rings is 2. The van der Waals surface area contributed by atoms with Crippen molar-refractivity contribution in [2.24, 2.45) is 5.73 Å². The molecular weight excluding hydrogens is 327 g/mol. The number of hydrogen-bond donors (Lipinski definition) is 2. The zero-order valence-corrected chi connectivity index (χ0v) is 15.0. The highest BCUT2D eigenvalue weighted by Crippen LogP contribution is 2.22. The Morgan fingerprint density at radius 3 is 2.21 bits per heavy atom. The molecule has 2 rings (SSSR count). The molecule has 3 nitrogen and oxygen atoms in total. The van der Waals surface area contributed by atoms with E-state index in [1.54, 1.807) is 12.1 Å². The van der Waals surface area contributed by atoms with E-state index in [0.717, 1.165) is 16.7 Å². The third kappa shape index (κ3) is 5.05. The Bertz CT molecular complexity index is 669. The standard InChI is InChI=1S/C19H23FN2O.ClH/c1-13-4-6-14(7-5-13)17(21)18(23)22-12-19(2,3)15-8-10-16(20)11-9-15;/h4-11,17H,12,21H2,1-3H3,(H,22,23);1H. The maximum absolute atomic E-state index is 13.0. The molecule has 1 atom stereocenters. The van der Waals surface area contributed by atoms with Crippen molar-refractivity contribution in [3.63, 3.8) is 0 Å². The number of nitrogens with two attached hydrogens (primary N) is 1. The van der Waals surface area contributed by atoms with Crippen LogP contribution in [0.5, 0.6) is 0 Å². The van der Waals surface area contributed by atoms with Crippen LogP contribution in [0, 0.1) is 12.7 Å². The summed E-state index contributed by atoms with van der Waals surface area (Å²) in [7, 11) is 0. The minimum absolute atomic E-state index is 0. The minimum Gasteiger partial charge on any atom is -0.354 e. The van der Waals surface area contributed by atoms with Gasteiger partial charge in [-0.25, -0.2) is 4.39 Å². The van der Waals surface area contributed by atoms with E-state index in [9.17, 15) is 9.18 Å². The molecule has 1 unspecified atom stereocenters. The molecule has 2 aromatic carbocycles. The molecule has 0 radical (unpaired) electrons. The fourth-order valence-electron chi connectivity index (χ4n) is 2.35. The van der Waals surface area contributed by atoms with Crippen molar-refractivity contribution in [3.05, 3.63) is 71.0 Å². The number of aryl methyl sites for hydroxylation is 1. The third-order valence-corrected chi connectivity index (χ3v) is 4.05. The number of carbonyl (C=O) groups is 1. The molecule has 0 spiro atoms. The average molecular weight is 351 g/mol. The van der Waals surface area contributed by atoms with E-state index in [4.69, 9.17) is 5.73 Å². The molecule has 0 saturated carbocycles. The normalized spacial score (nSPS) is 12.2. The summed E-state index contributed by atoms with van der Waals surface area (Å²) in [6.07, 6.45) is 0. The van der Waals surface area contributed by atoms with Crippen LogP contribution in [0.2, 0.25) is 0 Å². The van der Waals surface area contributed by atoms with Gasteiger partial charge in [-0.1, -0.05) is 55.8 Å². The molecule has 0 aromatic heterocycles. The summed E-state index contributed by atoms with van der Waals surface area (Å²) >= 11 is 0. The Morgan fingerprint density at radius 2 is 1.67 bits per heavy atom. The molecule has 0 fully saturated rings. The zero-order chi connectivity index (χ0) is 17.0. The van der Waals surface area contributed by atoms with Crippen LogP contribution in [0.15, 0.2) is 48.5 Å². The van der Waals surface area contributed by atoms with E-state index in [0.29, 0.717) is 6.54 Å². The van der Waals surface area contributed by atoms with Crippen molar-refractivity contribution < 1.29 is 9.18 Å². The second kappa shape index (κ2) is 8.27. The second-order valence-corrected chi connectivity index (χ2v) is 6.50. The summed E-state index contributed by atoms with van der Waals surface area (Å²) in [6, 6.07) is 13.2. The molecule has 130 valence electrons. The SMILES string of the molecule is Cc1ccc(C(N)C(=O)NCC(C)(C)c2ccc(F)cc2)cc1.Cl. The van der Waals surface area contributed by atoms with Crippen LogP contribution in [0.25, 0.3) is 0 Å². The lowest BCUT2D eigenvalue weighted by Gasteiger charge is -2.26. The van der Waals surface area contributed by atoms with E-state index in [2.05, 4.69) is 5.32 Å². The van der Waals surface area contributed by atoms with Crippen LogP contribution in [0.1, 0.15) is 36.6 Å².